The number of benzene rings is 1. The van der Waals surface area contributed by atoms with Crippen molar-refractivity contribution < 1.29 is 4.74 Å². The molecule has 1 N–H and O–H groups in total. The molecule has 1 atom stereocenters. The number of nitrogens with one attached hydrogen (secondary N) is 1. The van der Waals surface area contributed by atoms with Gasteiger partial charge in [-0.05, 0) is 45.9 Å². The van der Waals surface area contributed by atoms with Crippen LogP contribution in [0.15, 0.2) is 24.3 Å². The summed E-state index contributed by atoms with van der Waals surface area (Å²) in [5.74, 6) is 0.872. The van der Waals surface area contributed by atoms with Gasteiger partial charge in [0.25, 0.3) is 0 Å². The Kier molecular flexibility index (Phi) is 5.70. The predicted octanol–water partition coefficient (Wildman–Crippen LogP) is 4.05. The number of rotatable bonds is 7. The highest BCUT2D eigenvalue weighted by Crippen LogP contribution is 2.29. The van der Waals surface area contributed by atoms with Gasteiger partial charge in [-0.15, -0.1) is 10.2 Å². The zero-order valence-electron chi connectivity index (χ0n) is 13.1. The van der Waals surface area contributed by atoms with E-state index >= 15 is 0 Å². The second-order valence-corrected chi connectivity index (χ2v) is 6.32. The maximum atomic E-state index is 5.73. The van der Waals surface area contributed by atoms with Gasteiger partial charge in [0.15, 0.2) is 0 Å². The highest BCUT2D eigenvalue weighted by molar-refractivity contribution is 7.14. The first-order valence-corrected chi connectivity index (χ1v) is 8.25. The lowest BCUT2D eigenvalue weighted by atomic mass is 10.2. The Balaban J connectivity index is 2.13. The van der Waals surface area contributed by atoms with Crippen LogP contribution in [0.5, 0.6) is 5.75 Å². The van der Waals surface area contributed by atoms with Crippen molar-refractivity contribution in [3.63, 3.8) is 0 Å². The minimum atomic E-state index is 0.170. The molecule has 0 aliphatic rings. The van der Waals surface area contributed by atoms with Gasteiger partial charge in [0.1, 0.15) is 15.8 Å². The van der Waals surface area contributed by atoms with Crippen molar-refractivity contribution in [1.82, 2.24) is 15.5 Å². The van der Waals surface area contributed by atoms with E-state index in [1.165, 1.54) is 0 Å². The van der Waals surface area contributed by atoms with Crippen LogP contribution in [0.3, 0.4) is 0 Å². The summed E-state index contributed by atoms with van der Waals surface area (Å²) < 4.78 is 5.73. The van der Waals surface area contributed by atoms with Gasteiger partial charge in [-0.25, -0.2) is 0 Å². The molecule has 0 fully saturated rings. The van der Waals surface area contributed by atoms with Crippen LogP contribution in [0.4, 0.5) is 0 Å². The Morgan fingerprint density at radius 3 is 2.76 bits per heavy atom. The van der Waals surface area contributed by atoms with Gasteiger partial charge in [0.2, 0.25) is 0 Å². The Morgan fingerprint density at radius 1 is 1.24 bits per heavy atom. The molecule has 1 unspecified atom stereocenters. The van der Waals surface area contributed by atoms with Crippen LogP contribution in [0.1, 0.15) is 45.2 Å². The van der Waals surface area contributed by atoms with E-state index < -0.39 is 0 Å². The molecule has 21 heavy (non-hydrogen) atoms. The van der Waals surface area contributed by atoms with Crippen LogP contribution in [-0.4, -0.2) is 22.8 Å². The molecule has 0 saturated heterocycles. The molecule has 5 heteroatoms. The molecule has 0 bridgehead atoms. The van der Waals surface area contributed by atoms with Crippen LogP contribution in [-0.2, 0) is 0 Å². The topological polar surface area (TPSA) is 47.0 Å². The standard InChI is InChI=1S/C16H23N3OS/c1-5-9-17-12(4)15-18-19-16(21-15)13-7-6-8-14(10-13)20-11(2)3/h6-8,10-12,17H,5,9H2,1-4H3. The zero-order chi connectivity index (χ0) is 15.2. The first-order valence-electron chi connectivity index (χ1n) is 7.44. The highest BCUT2D eigenvalue weighted by atomic mass is 32.1. The zero-order valence-corrected chi connectivity index (χ0v) is 13.9. The van der Waals surface area contributed by atoms with Crippen LogP contribution in [0.2, 0.25) is 0 Å². The fraction of sp³-hybridized carbons (Fsp3) is 0.500. The number of hydrogen-bond donors (Lipinski definition) is 1. The molecule has 0 aliphatic carbocycles. The molecule has 0 spiro atoms. The number of aromatic nitrogens is 2. The van der Waals surface area contributed by atoms with Gasteiger partial charge < -0.3 is 10.1 Å². The molecule has 0 aliphatic heterocycles. The van der Waals surface area contributed by atoms with E-state index in [0.717, 1.165) is 34.3 Å². The monoisotopic (exact) mass is 305 g/mol. The van der Waals surface area contributed by atoms with Crippen molar-refractivity contribution in [1.29, 1.82) is 0 Å². The largest absolute Gasteiger partial charge is 0.491 e. The Morgan fingerprint density at radius 2 is 2.05 bits per heavy atom. The number of nitrogens with zero attached hydrogens (tertiary/aromatic N) is 2. The third-order valence-corrected chi connectivity index (χ3v) is 4.12. The highest BCUT2D eigenvalue weighted by Gasteiger charge is 2.13. The maximum absolute atomic E-state index is 5.73. The maximum Gasteiger partial charge on any atom is 0.147 e. The Bertz CT molecular complexity index is 568. The smallest absolute Gasteiger partial charge is 0.147 e. The van der Waals surface area contributed by atoms with Crippen molar-refractivity contribution in [2.45, 2.75) is 46.3 Å². The van der Waals surface area contributed by atoms with Crippen molar-refractivity contribution in [3.05, 3.63) is 29.3 Å². The molecule has 114 valence electrons. The number of hydrogen-bond acceptors (Lipinski definition) is 5. The average molecular weight is 305 g/mol. The Labute approximate surface area is 130 Å². The minimum absolute atomic E-state index is 0.170. The molecule has 1 heterocycles. The molecule has 2 aromatic rings. The summed E-state index contributed by atoms with van der Waals surface area (Å²) in [5, 5.41) is 14.0. The first kappa shape index (κ1) is 15.9. The molecular weight excluding hydrogens is 282 g/mol. The van der Waals surface area contributed by atoms with E-state index in [-0.39, 0.29) is 12.1 Å². The summed E-state index contributed by atoms with van der Waals surface area (Å²) in [7, 11) is 0. The summed E-state index contributed by atoms with van der Waals surface area (Å²) in [6.45, 7) is 9.32. The fourth-order valence-electron chi connectivity index (χ4n) is 1.95. The summed E-state index contributed by atoms with van der Waals surface area (Å²) in [6.07, 6.45) is 1.29. The van der Waals surface area contributed by atoms with E-state index in [1.54, 1.807) is 11.3 Å². The molecule has 0 saturated carbocycles. The molecule has 0 amide bonds. The second kappa shape index (κ2) is 7.52. The third kappa shape index (κ3) is 4.51. The summed E-state index contributed by atoms with van der Waals surface area (Å²) >= 11 is 1.63. The summed E-state index contributed by atoms with van der Waals surface area (Å²) in [6, 6.07) is 8.27. The SMILES string of the molecule is CCCNC(C)c1nnc(-c2cccc(OC(C)C)c2)s1. The van der Waals surface area contributed by atoms with Crippen molar-refractivity contribution in [2.75, 3.05) is 6.54 Å². The fourth-order valence-corrected chi connectivity index (χ4v) is 2.82. The van der Waals surface area contributed by atoms with E-state index in [0.29, 0.717) is 0 Å². The van der Waals surface area contributed by atoms with Crippen molar-refractivity contribution in [3.8, 4) is 16.3 Å². The lowest BCUT2D eigenvalue weighted by Crippen LogP contribution is -2.18. The molecule has 4 nitrogen and oxygen atoms in total. The third-order valence-electron chi connectivity index (χ3n) is 2.96. The van der Waals surface area contributed by atoms with Crippen LogP contribution < -0.4 is 10.1 Å². The lowest BCUT2D eigenvalue weighted by molar-refractivity contribution is 0.242. The van der Waals surface area contributed by atoms with E-state index in [9.17, 15) is 0 Å². The van der Waals surface area contributed by atoms with Crippen molar-refractivity contribution in [2.24, 2.45) is 0 Å². The van der Waals surface area contributed by atoms with Crippen LogP contribution in [0, 0.1) is 0 Å². The average Bonchev–Trinajstić information content (AvgIpc) is 2.94. The summed E-state index contributed by atoms with van der Waals surface area (Å²) in [4.78, 5) is 0. The molecule has 0 radical (unpaired) electrons. The van der Waals surface area contributed by atoms with E-state index in [4.69, 9.17) is 4.74 Å². The van der Waals surface area contributed by atoms with Gasteiger partial charge in [-0.1, -0.05) is 30.4 Å². The van der Waals surface area contributed by atoms with E-state index in [2.05, 4.69) is 29.4 Å². The summed E-state index contributed by atoms with van der Waals surface area (Å²) in [5.41, 5.74) is 1.06. The lowest BCUT2D eigenvalue weighted by Gasteiger charge is -2.10. The minimum Gasteiger partial charge on any atom is -0.491 e. The van der Waals surface area contributed by atoms with Gasteiger partial charge in [-0.2, -0.15) is 0 Å². The molecule has 1 aromatic carbocycles. The van der Waals surface area contributed by atoms with E-state index in [1.807, 2.05) is 38.1 Å². The second-order valence-electron chi connectivity index (χ2n) is 5.32. The Hall–Kier alpha value is -1.46. The first-order chi connectivity index (χ1) is 10.1. The predicted molar refractivity (Wildman–Crippen MR) is 87.8 cm³/mol. The number of ether oxygens (including phenoxy) is 1. The van der Waals surface area contributed by atoms with Gasteiger partial charge >= 0.3 is 0 Å². The van der Waals surface area contributed by atoms with Crippen molar-refractivity contribution >= 4 is 11.3 Å². The molecule has 2 rings (SSSR count). The molecule has 1 aromatic heterocycles. The van der Waals surface area contributed by atoms with Gasteiger partial charge in [-0.3, -0.25) is 0 Å². The molecular formula is C16H23N3OS. The van der Waals surface area contributed by atoms with Gasteiger partial charge in [0, 0.05) is 5.56 Å². The normalized spacial score (nSPS) is 12.6. The van der Waals surface area contributed by atoms with Crippen LogP contribution in [0.25, 0.3) is 10.6 Å². The quantitative estimate of drug-likeness (QED) is 0.838. The van der Waals surface area contributed by atoms with Gasteiger partial charge in [0.05, 0.1) is 12.1 Å². The van der Waals surface area contributed by atoms with Crippen LogP contribution >= 0.6 is 11.3 Å².